The molecule has 2 aromatic rings. The van der Waals surface area contributed by atoms with Gasteiger partial charge in [-0.3, -0.25) is 4.79 Å². The molecule has 8 heteroatoms. The maximum atomic E-state index is 13.8. The molecule has 1 aliphatic rings. The fourth-order valence-corrected chi connectivity index (χ4v) is 6.87. The molecule has 0 spiro atoms. The monoisotopic (exact) mass is 529 g/mol. The molecule has 0 aliphatic heterocycles. The molecule has 1 saturated carbocycles. The van der Waals surface area contributed by atoms with Crippen molar-refractivity contribution in [2.45, 2.75) is 75.8 Å². The number of amides is 1. The summed E-state index contributed by atoms with van der Waals surface area (Å²) in [7, 11) is -3.90. The van der Waals surface area contributed by atoms with Gasteiger partial charge in [-0.1, -0.05) is 81.6 Å². The molecule has 37 heavy (non-hydrogen) atoms. The van der Waals surface area contributed by atoms with Crippen LogP contribution < -0.4 is 11.1 Å². The zero-order chi connectivity index (χ0) is 27.1. The highest BCUT2D eigenvalue weighted by Crippen LogP contribution is 2.41. The normalized spacial score (nSPS) is 19.1. The van der Waals surface area contributed by atoms with E-state index in [4.69, 9.17) is 5.73 Å². The summed E-state index contributed by atoms with van der Waals surface area (Å²) in [5.41, 5.74) is 4.90. The molecule has 204 valence electrons. The maximum Gasteiger partial charge on any atom is 0.243 e. The van der Waals surface area contributed by atoms with Crippen molar-refractivity contribution in [1.29, 1.82) is 0 Å². The number of sulfonamides is 1. The molecule has 0 radical (unpaired) electrons. The number of hydrogen-bond donors (Lipinski definition) is 3. The zero-order valence-electron chi connectivity index (χ0n) is 22.4. The van der Waals surface area contributed by atoms with E-state index in [1.54, 1.807) is 37.3 Å². The number of benzene rings is 2. The molecule has 2 aromatic carbocycles. The molecule has 1 unspecified atom stereocenters. The minimum Gasteiger partial charge on any atom is -0.389 e. The summed E-state index contributed by atoms with van der Waals surface area (Å²) >= 11 is 0. The first-order chi connectivity index (χ1) is 17.6. The van der Waals surface area contributed by atoms with Crippen LogP contribution in [0.2, 0.25) is 0 Å². The molecule has 0 heterocycles. The molecule has 0 bridgehead atoms. The van der Waals surface area contributed by atoms with Gasteiger partial charge in [-0.2, -0.15) is 4.31 Å². The van der Waals surface area contributed by atoms with Crippen LogP contribution in [-0.2, 0) is 20.4 Å². The van der Waals surface area contributed by atoms with Gasteiger partial charge in [0.1, 0.15) is 0 Å². The number of carbonyl (C=O) groups is 1. The van der Waals surface area contributed by atoms with Crippen molar-refractivity contribution in [2.75, 3.05) is 19.6 Å². The molecular weight excluding hydrogens is 486 g/mol. The maximum absolute atomic E-state index is 13.8. The van der Waals surface area contributed by atoms with E-state index in [1.807, 2.05) is 44.2 Å². The van der Waals surface area contributed by atoms with Crippen LogP contribution in [0.4, 0.5) is 0 Å². The van der Waals surface area contributed by atoms with Crippen LogP contribution in [0, 0.1) is 11.3 Å². The van der Waals surface area contributed by atoms with Crippen LogP contribution in [-0.4, -0.2) is 49.5 Å². The lowest BCUT2D eigenvalue weighted by Crippen LogP contribution is -2.59. The van der Waals surface area contributed by atoms with Crippen LogP contribution in [0.15, 0.2) is 65.6 Å². The average molecular weight is 530 g/mol. The number of rotatable bonds is 12. The van der Waals surface area contributed by atoms with E-state index < -0.39 is 27.1 Å². The Morgan fingerprint density at radius 2 is 1.62 bits per heavy atom. The van der Waals surface area contributed by atoms with Gasteiger partial charge in [-0.05, 0) is 56.3 Å². The second-order valence-corrected chi connectivity index (χ2v) is 12.6. The van der Waals surface area contributed by atoms with Gasteiger partial charge in [-0.15, -0.1) is 0 Å². The van der Waals surface area contributed by atoms with Gasteiger partial charge < -0.3 is 16.2 Å². The number of nitrogens with zero attached hydrogens (tertiary/aromatic N) is 1. The van der Waals surface area contributed by atoms with E-state index in [2.05, 4.69) is 5.32 Å². The third kappa shape index (κ3) is 6.60. The lowest BCUT2D eigenvalue weighted by Gasteiger charge is -2.43. The van der Waals surface area contributed by atoms with E-state index in [1.165, 1.54) is 4.31 Å². The van der Waals surface area contributed by atoms with E-state index in [9.17, 15) is 18.3 Å². The molecule has 0 saturated heterocycles. The number of aliphatic hydroxyl groups is 1. The number of nitrogens with one attached hydrogen (secondary N) is 1. The first-order valence-electron chi connectivity index (χ1n) is 13.4. The first kappa shape index (κ1) is 29.3. The number of nitrogens with two attached hydrogens (primary N) is 1. The van der Waals surface area contributed by atoms with E-state index in [0.717, 1.165) is 44.1 Å². The average Bonchev–Trinajstić information content (AvgIpc) is 2.93. The Kier molecular flexibility index (Phi) is 9.92. The van der Waals surface area contributed by atoms with Crippen molar-refractivity contribution >= 4 is 15.9 Å². The van der Waals surface area contributed by atoms with Crippen molar-refractivity contribution in [3.63, 3.8) is 0 Å². The zero-order valence-corrected chi connectivity index (χ0v) is 23.2. The highest BCUT2D eigenvalue weighted by atomic mass is 32.2. The van der Waals surface area contributed by atoms with Crippen LogP contribution in [0.5, 0.6) is 0 Å². The quantitative estimate of drug-likeness (QED) is 0.384. The van der Waals surface area contributed by atoms with E-state index >= 15 is 0 Å². The molecule has 1 aliphatic carbocycles. The van der Waals surface area contributed by atoms with Gasteiger partial charge in [0.15, 0.2) is 0 Å². The van der Waals surface area contributed by atoms with Gasteiger partial charge in [0.05, 0.1) is 16.5 Å². The largest absolute Gasteiger partial charge is 0.389 e. The van der Waals surface area contributed by atoms with Crippen LogP contribution >= 0.6 is 0 Å². The van der Waals surface area contributed by atoms with Gasteiger partial charge in [0, 0.05) is 18.5 Å². The predicted octanol–water partition coefficient (Wildman–Crippen LogP) is 4.03. The SMILES string of the molecule is CCC1(C(=O)N[C@@](C)(c2ccccc2)[C@H](O)CN(CC(C)CN)S(=O)(=O)c2ccccc2)CCCCC1. The Labute approximate surface area is 222 Å². The molecule has 3 rings (SSSR count). The highest BCUT2D eigenvalue weighted by Gasteiger charge is 2.45. The minimum absolute atomic E-state index is 0.0760. The van der Waals surface area contributed by atoms with Crippen LogP contribution in [0.1, 0.15) is 64.9 Å². The molecule has 0 aromatic heterocycles. The summed E-state index contributed by atoms with van der Waals surface area (Å²) in [6.07, 6.45) is 4.29. The first-order valence-corrected chi connectivity index (χ1v) is 14.8. The molecule has 1 fully saturated rings. The Balaban J connectivity index is 1.98. The standard InChI is InChI=1S/C29H43N3O4S/c1-4-29(18-12-7-13-19-29)27(34)31-28(3,24-14-8-5-9-15-24)26(33)22-32(21-23(2)20-30)37(35,36)25-16-10-6-11-17-25/h5-6,8-11,14-17,23,26,33H,4,7,12-13,18-22,30H2,1-3H3,(H,31,34)/t23?,26-,28+/m1/s1. The smallest absolute Gasteiger partial charge is 0.243 e. The Hall–Kier alpha value is -2.26. The van der Waals surface area contributed by atoms with Gasteiger partial charge in [0.25, 0.3) is 0 Å². The summed E-state index contributed by atoms with van der Waals surface area (Å²) in [6.45, 7) is 5.99. The summed E-state index contributed by atoms with van der Waals surface area (Å²) in [6, 6.07) is 17.5. The molecule has 1 amide bonds. The number of carbonyl (C=O) groups excluding carboxylic acids is 1. The molecule has 4 N–H and O–H groups in total. The number of hydrogen-bond acceptors (Lipinski definition) is 5. The number of aliphatic hydroxyl groups excluding tert-OH is 1. The van der Waals surface area contributed by atoms with E-state index in [0.29, 0.717) is 6.54 Å². The van der Waals surface area contributed by atoms with Crippen molar-refractivity contribution in [3.05, 3.63) is 66.2 Å². The van der Waals surface area contributed by atoms with Crippen molar-refractivity contribution in [1.82, 2.24) is 9.62 Å². The second kappa shape index (κ2) is 12.5. The fourth-order valence-electron chi connectivity index (χ4n) is 5.28. The lowest BCUT2D eigenvalue weighted by molar-refractivity contribution is -0.137. The second-order valence-electron chi connectivity index (χ2n) is 10.7. The minimum atomic E-state index is -3.90. The van der Waals surface area contributed by atoms with Gasteiger partial charge in [0.2, 0.25) is 15.9 Å². The van der Waals surface area contributed by atoms with Gasteiger partial charge >= 0.3 is 0 Å². The lowest BCUT2D eigenvalue weighted by atomic mass is 9.70. The predicted molar refractivity (Wildman–Crippen MR) is 147 cm³/mol. The summed E-state index contributed by atoms with van der Waals surface area (Å²) in [5, 5.41) is 14.9. The van der Waals surface area contributed by atoms with Crippen LogP contribution in [0.3, 0.4) is 0 Å². The summed E-state index contributed by atoms with van der Waals surface area (Å²) < 4.78 is 28.6. The van der Waals surface area contributed by atoms with Gasteiger partial charge in [-0.25, -0.2) is 8.42 Å². The Morgan fingerprint density at radius 1 is 1.05 bits per heavy atom. The molecular formula is C29H43N3O4S. The van der Waals surface area contributed by atoms with Crippen LogP contribution in [0.25, 0.3) is 0 Å². The molecule has 7 nitrogen and oxygen atoms in total. The Bertz CT molecular complexity index is 1100. The third-order valence-corrected chi connectivity index (χ3v) is 9.90. The summed E-state index contributed by atoms with van der Waals surface area (Å²) in [4.78, 5) is 14.0. The van der Waals surface area contributed by atoms with Crippen molar-refractivity contribution < 1.29 is 18.3 Å². The van der Waals surface area contributed by atoms with E-state index in [-0.39, 0.29) is 29.8 Å². The third-order valence-electron chi connectivity index (χ3n) is 8.06. The molecule has 3 atom stereocenters. The highest BCUT2D eigenvalue weighted by molar-refractivity contribution is 7.89. The van der Waals surface area contributed by atoms with Crippen molar-refractivity contribution in [2.24, 2.45) is 17.1 Å². The summed E-state index contributed by atoms with van der Waals surface area (Å²) in [5.74, 6) is -0.193. The van der Waals surface area contributed by atoms with Crippen molar-refractivity contribution in [3.8, 4) is 0 Å². The fraction of sp³-hybridized carbons (Fsp3) is 0.552. The Morgan fingerprint density at radius 3 is 2.16 bits per heavy atom. The topological polar surface area (TPSA) is 113 Å².